The van der Waals surface area contributed by atoms with E-state index in [0.717, 1.165) is 11.0 Å². The molecule has 1 unspecified atom stereocenters. The van der Waals surface area contributed by atoms with Crippen molar-refractivity contribution < 1.29 is 4.48 Å². The lowest BCUT2D eigenvalue weighted by Crippen LogP contribution is -2.47. The minimum absolute atomic E-state index is 0.550. The van der Waals surface area contributed by atoms with E-state index in [1.807, 2.05) is 0 Å². The second-order valence-electron chi connectivity index (χ2n) is 8.55. The van der Waals surface area contributed by atoms with E-state index in [-0.39, 0.29) is 0 Å². The van der Waals surface area contributed by atoms with Gasteiger partial charge in [0.25, 0.3) is 0 Å². The highest BCUT2D eigenvalue weighted by molar-refractivity contribution is 5.13. The number of rotatable bonds is 16. The number of hydrogen-bond acceptors (Lipinski definition) is 0. The van der Waals surface area contributed by atoms with Gasteiger partial charge < -0.3 is 4.48 Å². The van der Waals surface area contributed by atoms with Gasteiger partial charge in [0.15, 0.2) is 0 Å². The molecule has 0 aliphatic heterocycles. The van der Waals surface area contributed by atoms with E-state index in [0.29, 0.717) is 6.04 Å². The third-order valence-corrected chi connectivity index (χ3v) is 5.71. The third-order valence-electron chi connectivity index (χ3n) is 5.71. The van der Waals surface area contributed by atoms with Crippen molar-refractivity contribution in [1.29, 1.82) is 0 Å². The number of likely N-dealkylation sites (N-methyl/N-ethyl adjacent to an activating group) is 1. The van der Waals surface area contributed by atoms with Crippen LogP contribution in [-0.2, 0) is 6.54 Å². The van der Waals surface area contributed by atoms with Gasteiger partial charge in [0.05, 0.1) is 14.1 Å². The number of hydrogen-bond donors (Lipinski definition) is 0. The Balaban J connectivity index is 2.13. The second kappa shape index (κ2) is 14.0. The smallest absolute Gasteiger partial charge is 0.107 e. The summed E-state index contributed by atoms with van der Waals surface area (Å²) in [5.41, 5.74) is 1.42. The van der Waals surface area contributed by atoms with Gasteiger partial charge in [-0.1, -0.05) is 108 Å². The molecule has 1 aromatic carbocycles. The van der Waals surface area contributed by atoms with Gasteiger partial charge in [0.1, 0.15) is 12.6 Å². The topological polar surface area (TPSA) is 0 Å². The maximum atomic E-state index is 4.12. The summed E-state index contributed by atoms with van der Waals surface area (Å²) in [6, 6.07) is 11.4. The van der Waals surface area contributed by atoms with Crippen molar-refractivity contribution in [3.8, 4) is 0 Å². The predicted octanol–water partition coefficient (Wildman–Crippen LogP) is 7.52. The van der Waals surface area contributed by atoms with Crippen LogP contribution in [0.3, 0.4) is 0 Å². The van der Waals surface area contributed by atoms with Crippen molar-refractivity contribution in [3.05, 3.63) is 48.6 Å². The third kappa shape index (κ3) is 10.2. The largest absolute Gasteiger partial charge is 0.319 e. The number of benzene rings is 1. The van der Waals surface area contributed by atoms with E-state index >= 15 is 0 Å². The van der Waals surface area contributed by atoms with E-state index in [1.165, 1.54) is 82.6 Å². The molecule has 1 atom stereocenters. The summed E-state index contributed by atoms with van der Waals surface area (Å²) in [6.07, 6.45) is 19.0. The van der Waals surface area contributed by atoms with Crippen LogP contribution >= 0.6 is 0 Å². The Morgan fingerprint density at radius 1 is 0.808 bits per heavy atom. The Kier molecular flexibility index (Phi) is 12.4. The summed E-state index contributed by atoms with van der Waals surface area (Å²) >= 11 is 0. The summed E-state index contributed by atoms with van der Waals surface area (Å²) in [5, 5.41) is 0. The summed E-state index contributed by atoms with van der Waals surface area (Å²) < 4.78 is 1.01. The zero-order chi connectivity index (χ0) is 19.1. The van der Waals surface area contributed by atoms with Gasteiger partial charge in [0, 0.05) is 12.0 Å². The van der Waals surface area contributed by atoms with Crippen molar-refractivity contribution in [2.45, 2.75) is 96.6 Å². The SMILES string of the molecule is C=CC(CCCCCCCCCCCCC)[N+](C)(C)Cc1ccccc1. The Morgan fingerprint density at radius 3 is 1.81 bits per heavy atom. The lowest BCUT2D eigenvalue weighted by molar-refractivity contribution is -0.921. The summed E-state index contributed by atoms with van der Waals surface area (Å²) in [6.45, 7) is 7.49. The van der Waals surface area contributed by atoms with E-state index in [1.54, 1.807) is 0 Å². The highest BCUT2D eigenvalue weighted by Crippen LogP contribution is 2.20. The summed E-state index contributed by atoms with van der Waals surface area (Å²) in [5.74, 6) is 0. The monoisotopic (exact) mass is 358 g/mol. The number of nitrogens with zero attached hydrogens (tertiary/aromatic N) is 1. The molecule has 26 heavy (non-hydrogen) atoms. The molecule has 0 saturated heterocycles. The van der Waals surface area contributed by atoms with Gasteiger partial charge in [-0.2, -0.15) is 0 Å². The molecule has 0 saturated carbocycles. The molecule has 0 spiro atoms. The van der Waals surface area contributed by atoms with Crippen LogP contribution in [0.1, 0.15) is 89.5 Å². The molecule has 1 nitrogen and oxygen atoms in total. The fourth-order valence-corrected chi connectivity index (χ4v) is 3.94. The standard InChI is InChI=1S/C25H44N/c1-5-7-8-9-10-11-12-13-14-15-19-22-25(6-2)26(3,4)23-24-20-17-16-18-21-24/h6,16-18,20-21,25H,2,5,7-15,19,22-23H2,1,3-4H3/q+1. The van der Waals surface area contributed by atoms with Gasteiger partial charge in [-0.3, -0.25) is 0 Å². The maximum Gasteiger partial charge on any atom is 0.107 e. The predicted molar refractivity (Wildman–Crippen MR) is 117 cm³/mol. The number of unbranched alkanes of at least 4 members (excludes halogenated alkanes) is 10. The average molecular weight is 359 g/mol. The first-order chi connectivity index (χ1) is 12.6. The van der Waals surface area contributed by atoms with Gasteiger partial charge >= 0.3 is 0 Å². The van der Waals surface area contributed by atoms with Gasteiger partial charge in [0.2, 0.25) is 0 Å². The molecule has 1 rings (SSSR count). The molecule has 0 fully saturated rings. The Bertz CT molecular complexity index is 448. The molecule has 0 aliphatic rings. The molecular formula is C25H44N+. The minimum atomic E-state index is 0.550. The molecular weight excluding hydrogens is 314 g/mol. The molecule has 0 aromatic heterocycles. The molecule has 1 heteroatoms. The molecule has 0 N–H and O–H groups in total. The first-order valence-electron chi connectivity index (χ1n) is 11.1. The Morgan fingerprint density at radius 2 is 1.31 bits per heavy atom. The fraction of sp³-hybridized carbons (Fsp3) is 0.680. The van der Waals surface area contributed by atoms with Crippen LogP contribution in [0.25, 0.3) is 0 Å². The lowest BCUT2D eigenvalue weighted by atomic mass is 10.0. The first kappa shape index (κ1) is 23.0. The molecule has 0 amide bonds. The molecule has 0 bridgehead atoms. The van der Waals surface area contributed by atoms with Crippen molar-refractivity contribution in [1.82, 2.24) is 0 Å². The zero-order valence-corrected chi connectivity index (χ0v) is 17.9. The van der Waals surface area contributed by atoms with E-state index in [4.69, 9.17) is 0 Å². The van der Waals surface area contributed by atoms with Crippen molar-refractivity contribution in [2.24, 2.45) is 0 Å². The average Bonchev–Trinajstić information content (AvgIpc) is 2.63. The molecule has 148 valence electrons. The maximum absolute atomic E-state index is 4.12. The second-order valence-corrected chi connectivity index (χ2v) is 8.55. The highest BCUT2D eigenvalue weighted by atomic mass is 15.3. The van der Waals surface area contributed by atoms with Crippen LogP contribution in [0.5, 0.6) is 0 Å². The van der Waals surface area contributed by atoms with Crippen molar-refractivity contribution in [2.75, 3.05) is 14.1 Å². The minimum Gasteiger partial charge on any atom is -0.319 e. The molecule has 0 heterocycles. The van der Waals surface area contributed by atoms with Crippen LogP contribution < -0.4 is 0 Å². The summed E-state index contributed by atoms with van der Waals surface area (Å²) in [7, 11) is 4.69. The molecule has 0 aliphatic carbocycles. The van der Waals surface area contributed by atoms with E-state index in [9.17, 15) is 0 Å². The van der Waals surface area contributed by atoms with Crippen LogP contribution in [-0.4, -0.2) is 24.6 Å². The fourth-order valence-electron chi connectivity index (χ4n) is 3.94. The van der Waals surface area contributed by atoms with Crippen LogP contribution in [0, 0.1) is 0 Å². The quantitative estimate of drug-likeness (QED) is 0.163. The number of quaternary nitrogens is 1. The van der Waals surface area contributed by atoms with Gasteiger partial charge in [-0.05, 0) is 12.5 Å². The first-order valence-corrected chi connectivity index (χ1v) is 11.1. The van der Waals surface area contributed by atoms with Crippen LogP contribution in [0.2, 0.25) is 0 Å². The lowest BCUT2D eigenvalue weighted by Gasteiger charge is -2.37. The molecule has 1 aromatic rings. The van der Waals surface area contributed by atoms with Gasteiger partial charge in [-0.15, -0.1) is 0 Å². The normalized spacial score (nSPS) is 12.9. The van der Waals surface area contributed by atoms with Crippen LogP contribution in [0.4, 0.5) is 0 Å². The Labute approximate surface area is 164 Å². The zero-order valence-electron chi connectivity index (χ0n) is 17.9. The Hall–Kier alpha value is -1.08. The van der Waals surface area contributed by atoms with Crippen molar-refractivity contribution >= 4 is 0 Å². The van der Waals surface area contributed by atoms with Crippen LogP contribution in [0.15, 0.2) is 43.0 Å². The van der Waals surface area contributed by atoms with Gasteiger partial charge in [-0.25, -0.2) is 0 Å². The van der Waals surface area contributed by atoms with Crippen molar-refractivity contribution in [3.63, 3.8) is 0 Å². The highest BCUT2D eigenvalue weighted by Gasteiger charge is 2.25. The molecule has 0 radical (unpaired) electrons. The van der Waals surface area contributed by atoms with E-state index < -0.39 is 0 Å². The van der Waals surface area contributed by atoms with E-state index in [2.05, 4.69) is 64.0 Å². The summed E-state index contributed by atoms with van der Waals surface area (Å²) in [4.78, 5) is 0.